The largest absolute Gasteiger partial charge is 0.450 e. The summed E-state index contributed by atoms with van der Waals surface area (Å²) < 4.78 is 34.9. The number of benzene rings is 3. The number of nitrogens with zero attached hydrogens (tertiary/aromatic N) is 1. The van der Waals surface area contributed by atoms with Crippen LogP contribution in [-0.4, -0.2) is 22.5 Å². The molecule has 4 nitrogen and oxygen atoms in total. The van der Waals surface area contributed by atoms with Gasteiger partial charge in [-0.25, -0.2) is 8.78 Å². The summed E-state index contributed by atoms with van der Waals surface area (Å²) in [5.74, 6) is -0.251. The highest BCUT2D eigenvalue weighted by Gasteiger charge is 2.22. The topological polar surface area (TPSA) is 41.3 Å². The fourth-order valence-corrected chi connectivity index (χ4v) is 4.09. The summed E-state index contributed by atoms with van der Waals surface area (Å²) in [6, 6.07) is 16.1. The zero-order valence-corrected chi connectivity index (χ0v) is 19.1. The van der Waals surface area contributed by atoms with E-state index in [0.29, 0.717) is 17.1 Å². The Morgan fingerprint density at radius 2 is 1.73 bits per heavy atom. The first kappa shape index (κ1) is 22.7. The van der Waals surface area contributed by atoms with Gasteiger partial charge in [0.15, 0.2) is 12.4 Å². The third-order valence-electron chi connectivity index (χ3n) is 4.87. The molecular weight excluding hydrogens is 442 g/mol. The molecule has 1 amide bonds. The zero-order valence-electron chi connectivity index (χ0n) is 18.3. The van der Waals surface area contributed by atoms with E-state index < -0.39 is 11.6 Å². The van der Waals surface area contributed by atoms with Crippen LogP contribution in [0.4, 0.5) is 20.2 Å². The molecule has 1 heterocycles. The number of allylic oxidation sites excluding steroid dienone is 1. The van der Waals surface area contributed by atoms with Gasteiger partial charge < -0.3 is 10.1 Å². The Labute approximate surface area is 195 Å². The van der Waals surface area contributed by atoms with Crippen LogP contribution in [-0.2, 0) is 11.2 Å². The summed E-state index contributed by atoms with van der Waals surface area (Å²) in [7, 11) is 0. The molecule has 168 valence electrons. The number of thioether (sulfide) groups is 1. The molecule has 3 aromatic carbocycles. The van der Waals surface area contributed by atoms with Crippen LogP contribution in [0, 0.1) is 11.6 Å². The summed E-state index contributed by atoms with van der Waals surface area (Å²) in [6.07, 6.45) is 4.05. The molecule has 0 bridgehead atoms. The van der Waals surface area contributed by atoms with Gasteiger partial charge >= 0.3 is 0 Å². The van der Waals surface area contributed by atoms with Crippen LogP contribution in [0.2, 0.25) is 0 Å². The molecule has 3 aromatic rings. The van der Waals surface area contributed by atoms with Crippen LogP contribution >= 0.6 is 11.8 Å². The summed E-state index contributed by atoms with van der Waals surface area (Å²) >= 11 is 1.75. The molecule has 0 fully saturated rings. The van der Waals surface area contributed by atoms with Crippen LogP contribution in [0.3, 0.4) is 0 Å². The van der Waals surface area contributed by atoms with Gasteiger partial charge in [0.05, 0.1) is 12.0 Å². The molecule has 1 N–H and O–H groups in total. The second-order valence-corrected chi connectivity index (χ2v) is 8.94. The van der Waals surface area contributed by atoms with Crippen molar-refractivity contribution in [2.45, 2.75) is 25.2 Å². The molecular formula is C26H23F2N2O2S+. The Hall–Kier alpha value is -3.45. The van der Waals surface area contributed by atoms with E-state index in [1.807, 2.05) is 48.2 Å². The van der Waals surface area contributed by atoms with Crippen LogP contribution in [0.1, 0.15) is 19.4 Å². The number of anilines is 1. The number of amides is 1. The monoisotopic (exact) mass is 465 g/mol. The van der Waals surface area contributed by atoms with E-state index in [-0.39, 0.29) is 18.1 Å². The predicted octanol–water partition coefficient (Wildman–Crippen LogP) is 6.68. The van der Waals surface area contributed by atoms with Crippen molar-refractivity contribution < 1.29 is 22.9 Å². The number of ether oxygens (including phenoxy) is 1. The number of carbonyl (C=O) groups excluding carboxylic acids is 1. The maximum atomic E-state index is 13.6. The SMILES string of the molecule is CCSc1ccc(CC(=O)Nc2ccc([N+]3=CC(C)=C3)c(Oc3cc(F)cc(F)c3)c2)cc1. The highest BCUT2D eigenvalue weighted by molar-refractivity contribution is 7.99. The van der Waals surface area contributed by atoms with Crippen molar-refractivity contribution in [1.29, 1.82) is 0 Å². The van der Waals surface area contributed by atoms with E-state index in [9.17, 15) is 13.6 Å². The first-order valence-corrected chi connectivity index (χ1v) is 11.5. The van der Waals surface area contributed by atoms with Crippen LogP contribution in [0.15, 0.2) is 77.3 Å². The Morgan fingerprint density at radius 3 is 2.36 bits per heavy atom. The molecule has 0 aromatic heterocycles. The molecule has 0 saturated heterocycles. The van der Waals surface area contributed by atoms with Gasteiger partial charge in [0.1, 0.15) is 17.4 Å². The van der Waals surface area contributed by atoms with Gasteiger partial charge in [-0.2, -0.15) is 4.58 Å². The van der Waals surface area contributed by atoms with E-state index in [2.05, 4.69) is 12.2 Å². The zero-order chi connectivity index (χ0) is 23.4. The summed E-state index contributed by atoms with van der Waals surface area (Å²) in [5, 5.41) is 2.87. The third kappa shape index (κ3) is 5.87. The first-order chi connectivity index (χ1) is 15.9. The Balaban J connectivity index is 1.53. The minimum atomic E-state index is -0.731. The molecule has 0 atom stereocenters. The molecule has 0 unspecified atom stereocenters. The molecule has 0 saturated carbocycles. The highest BCUT2D eigenvalue weighted by atomic mass is 32.2. The van der Waals surface area contributed by atoms with Gasteiger partial charge in [0.25, 0.3) is 5.69 Å². The van der Waals surface area contributed by atoms with Crippen molar-refractivity contribution in [2.24, 2.45) is 0 Å². The van der Waals surface area contributed by atoms with Crippen molar-refractivity contribution in [1.82, 2.24) is 0 Å². The van der Waals surface area contributed by atoms with Gasteiger partial charge in [-0.1, -0.05) is 19.1 Å². The van der Waals surface area contributed by atoms with E-state index in [0.717, 1.165) is 35.1 Å². The van der Waals surface area contributed by atoms with Crippen LogP contribution in [0.25, 0.3) is 0 Å². The Morgan fingerprint density at radius 1 is 1.03 bits per heavy atom. The Bertz CT molecular complexity index is 1230. The maximum Gasteiger partial charge on any atom is 0.253 e. The van der Waals surface area contributed by atoms with Crippen molar-refractivity contribution in [2.75, 3.05) is 11.1 Å². The lowest BCUT2D eigenvalue weighted by molar-refractivity contribution is -0.368. The second-order valence-electron chi connectivity index (χ2n) is 7.60. The molecule has 0 aliphatic carbocycles. The molecule has 4 rings (SSSR count). The molecule has 0 radical (unpaired) electrons. The van der Waals surface area contributed by atoms with Crippen LogP contribution < -0.4 is 10.1 Å². The number of hydrogen-bond donors (Lipinski definition) is 1. The lowest BCUT2D eigenvalue weighted by Gasteiger charge is -2.13. The third-order valence-corrected chi connectivity index (χ3v) is 5.76. The first-order valence-electron chi connectivity index (χ1n) is 10.5. The summed E-state index contributed by atoms with van der Waals surface area (Å²) in [4.78, 5) is 13.8. The van der Waals surface area contributed by atoms with Gasteiger partial charge in [-0.3, -0.25) is 4.79 Å². The number of hydrogen-bond acceptors (Lipinski definition) is 3. The summed E-state index contributed by atoms with van der Waals surface area (Å²) in [6.45, 7) is 4.05. The van der Waals surface area contributed by atoms with E-state index in [4.69, 9.17) is 4.74 Å². The van der Waals surface area contributed by atoms with Gasteiger partial charge in [0, 0.05) is 40.9 Å². The normalized spacial score (nSPS) is 12.5. The van der Waals surface area contributed by atoms with Crippen molar-refractivity contribution in [3.05, 3.63) is 89.6 Å². The van der Waals surface area contributed by atoms with Crippen molar-refractivity contribution in [3.8, 4) is 11.5 Å². The maximum absolute atomic E-state index is 13.6. The fraction of sp³-hybridized carbons (Fsp3) is 0.154. The fourth-order valence-electron chi connectivity index (χ4n) is 3.43. The minimum Gasteiger partial charge on any atom is -0.450 e. The van der Waals surface area contributed by atoms with Crippen molar-refractivity contribution >= 4 is 35.3 Å². The standard InChI is InChI=1S/C26H22F2N2O2S/c1-3-33-23-7-4-18(5-8-23)10-26(31)29-21-6-9-24(30-15-17(2)16-30)25(14-21)32-22-12-19(27)11-20(28)13-22/h4-9,11-16H,3,10H2,1-2H3/p+1. The van der Waals surface area contributed by atoms with Gasteiger partial charge in [0.2, 0.25) is 11.7 Å². The molecule has 1 aliphatic rings. The van der Waals surface area contributed by atoms with E-state index in [1.165, 1.54) is 4.90 Å². The molecule has 7 heteroatoms. The predicted molar refractivity (Wildman–Crippen MR) is 128 cm³/mol. The number of halogens is 2. The average molecular weight is 466 g/mol. The van der Waals surface area contributed by atoms with Crippen LogP contribution in [0.5, 0.6) is 11.5 Å². The van der Waals surface area contributed by atoms with Crippen molar-refractivity contribution in [3.63, 3.8) is 0 Å². The summed E-state index contributed by atoms with van der Waals surface area (Å²) in [5.41, 5.74) is 3.20. The minimum absolute atomic E-state index is 0.0310. The number of nitrogens with one attached hydrogen (secondary N) is 1. The lowest BCUT2D eigenvalue weighted by Crippen LogP contribution is -2.15. The number of carbonyl (C=O) groups is 1. The van der Waals surface area contributed by atoms with Gasteiger partial charge in [-0.05, 0) is 36.4 Å². The molecule has 0 spiro atoms. The lowest BCUT2D eigenvalue weighted by atomic mass is 10.1. The van der Waals surface area contributed by atoms with E-state index >= 15 is 0 Å². The second kappa shape index (κ2) is 10.0. The average Bonchev–Trinajstić information content (AvgIpc) is 2.73. The van der Waals surface area contributed by atoms with Gasteiger partial charge in [-0.15, -0.1) is 11.8 Å². The van der Waals surface area contributed by atoms with E-state index in [1.54, 1.807) is 30.0 Å². The Kier molecular flexibility index (Phi) is 6.89. The molecule has 33 heavy (non-hydrogen) atoms. The molecule has 1 aliphatic heterocycles. The smallest absolute Gasteiger partial charge is 0.253 e. The quantitative estimate of drug-likeness (QED) is 0.298. The highest BCUT2D eigenvalue weighted by Crippen LogP contribution is 2.36. The number of rotatable bonds is 8.